The first-order valence-electron chi connectivity index (χ1n) is 5.98. The molecule has 1 aromatic rings. The van der Waals surface area contributed by atoms with Crippen molar-refractivity contribution in [3.05, 3.63) is 41.4 Å². The van der Waals surface area contributed by atoms with Gasteiger partial charge in [-0.2, -0.15) is 0 Å². The molecule has 0 aliphatic heterocycles. The maximum Gasteiger partial charge on any atom is 0.332 e. The van der Waals surface area contributed by atoms with Crippen LogP contribution in [-0.4, -0.2) is 19.7 Å². The lowest BCUT2D eigenvalue weighted by atomic mass is 10.2. The van der Waals surface area contributed by atoms with E-state index in [1.807, 2.05) is 0 Å². The van der Waals surface area contributed by atoms with Gasteiger partial charge in [0.15, 0.2) is 0 Å². The van der Waals surface area contributed by atoms with E-state index in [4.69, 9.17) is 9.47 Å². The molecule has 0 saturated carbocycles. The summed E-state index contributed by atoms with van der Waals surface area (Å²) in [5, 5.41) is 2.95. The molecule has 0 amide bonds. The fourth-order valence-corrected chi connectivity index (χ4v) is 1.44. The molecule has 0 heterocycles. The van der Waals surface area contributed by atoms with Gasteiger partial charge in [0.1, 0.15) is 11.6 Å². The Bertz CT molecular complexity index is 472. The van der Waals surface area contributed by atoms with Crippen LogP contribution in [0.4, 0.5) is 4.39 Å². The molecule has 0 bridgehead atoms. The van der Waals surface area contributed by atoms with Gasteiger partial charge in [-0.3, -0.25) is 0 Å². The van der Waals surface area contributed by atoms with Crippen molar-refractivity contribution in [1.82, 2.24) is 5.32 Å². The highest BCUT2D eigenvalue weighted by Crippen LogP contribution is 2.16. The zero-order chi connectivity index (χ0) is 14.3. The maximum absolute atomic E-state index is 13.6. The number of allylic oxidation sites excluding steroid dienone is 1. The van der Waals surface area contributed by atoms with Gasteiger partial charge in [0, 0.05) is 29.9 Å². The summed E-state index contributed by atoms with van der Waals surface area (Å²) in [6.07, 6.45) is 1.34. The van der Waals surface area contributed by atoms with E-state index in [1.54, 1.807) is 26.0 Å². The number of carbonyl (C=O) groups is 1. The van der Waals surface area contributed by atoms with Gasteiger partial charge in [-0.15, -0.1) is 0 Å². The molecule has 0 aliphatic carbocycles. The van der Waals surface area contributed by atoms with Crippen LogP contribution in [0.1, 0.15) is 19.4 Å². The van der Waals surface area contributed by atoms with Crippen LogP contribution in [0.2, 0.25) is 0 Å². The summed E-state index contributed by atoms with van der Waals surface area (Å²) in [5.74, 6) is -0.293. The Kier molecular flexibility index (Phi) is 5.85. The molecule has 0 radical (unpaired) electrons. The molecule has 0 atom stereocenters. The van der Waals surface area contributed by atoms with Crippen molar-refractivity contribution in [1.29, 1.82) is 0 Å². The van der Waals surface area contributed by atoms with E-state index in [2.05, 4.69) is 5.32 Å². The third-order valence-corrected chi connectivity index (χ3v) is 2.44. The highest BCUT2D eigenvalue weighted by Gasteiger charge is 2.04. The van der Waals surface area contributed by atoms with Crippen molar-refractivity contribution in [3.63, 3.8) is 0 Å². The van der Waals surface area contributed by atoms with Crippen molar-refractivity contribution in [2.45, 2.75) is 20.4 Å². The summed E-state index contributed by atoms with van der Waals surface area (Å²) >= 11 is 0. The number of methoxy groups -OCH3 is 1. The number of nitrogens with one attached hydrogen (secondary N) is 1. The Hall–Kier alpha value is -2.04. The first-order valence-corrected chi connectivity index (χ1v) is 5.98. The molecule has 5 heteroatoms. The van der Waals surface area contributed by atoms with Crippen LogP contribution >= 0.6 is 0 Å². The predicted molar refractivity (Wildman–Crippen MR) is 70.2 cm³/mol. The largest absolute Gasteiger partial charge is 0.497 e. The minimum atomic E-state index is -0.414. The molecule has 4 nitrogen and oxygen atoms in total. The van der Waals surface area contributed by atoms with Crippen LogP contribution in [-0.2, 0) is 16.1 Å². The van der Waals surface area contributed by atoms with E-state index in [0.29, 0.717) is 23.6 Å². The van der Waals surface area contributed by atoms with Gasteiger partial charge in [0.25, 0.3) is 0 Å². The molecule has 1 N–H and O–H groups in total. The van der Waals surface area contributed by atoms with E-state index in [0.717, 1.165) is 0 Å². The second-order valence-corrected chi connectivity index (χ2v) is 3.89. The first-order chi connectivity index (χ1) is 9.06. The number of rotatable bonds is 6. The number of halogens is 1. The number of hydrogen-bond acceptors (Lipinski definition) is 4. The van der Waals surface area contributed by atoms with Crippen LogP contribution in [0.15, 0.2) is 30.0 Å². The summed E-state index contributed by atoms with van der Waals surface area (Å²) in [4.78, 5) is 11.2. The van der Waals surface area contributed by atoms with Gasteiger partial charge >= 0.3 is 5.97 Å². The highest BCUT2D eigenvalue weighted by molar-refractivity contribution is 5.82. The number of carbonyl (C=O) groups excluding carboxylic acids is 1. The van der Waals surface area contributed by atoms with Crippen molar-refractivity contribution < 1.29 is 18.7 Å². The molecular formula is C14H18FNO3. The Morgan fingerprint density at radius 1 is 1.47 bits per heavy atom. The number of hydrogen-bond donors (Lipinski definition) is 1. The summed E-state index contributed by atoms with van der Waals surface area (Å²) in [6, 6.07) is 4.64. The zero-order valence-corrected chi connectivity index (χ0v) is 11.3. The molecule has 0 fully saturated rings. The average Bonchev–Trinajstić information content (AvgIpc) is 2.37. The smallest absolute Gasteiger partial charge is 0.332 e. The molecule has 19 heavy (non-hydrogen) atoms. The SMILES string of the molecule is CCOC(=O)/C=C(\C)NCc1ccc(OC)cc1F. The van der Waals surface area contributed by atoms with E-state index in [-0.39, 0.29) is 12.4 Å². The quantitative estimate of drug-likeness (QED) is 0.635. The molecule has 0 aromatic heterocycles. The number of ether oxygens (including phenoxy) is 2. The standard InChI is InChI=1S/C14H18FNO3/c1-4-19-14(17)7-10(2)16-9-11-5-6-12(18-3)8-13(11)15/h5-8,16H,4,9H2,1-3H3/b10-7+. The molecule has 104 valence electrons. The summed E-state index contributed by atoms with van der Waals surface area (Å²) < 4.78 is 23.3. The van der Waals surface area contributed by atoms with Crippen molar-refractivity contribution in [2.75, 3.05) is 13.7 Å². The van der Waals surface area contributed by atoms with Gasteiger partial charge in [-0.05, 0) is 19.9 Å². The molecule has 0 saturated heterocycles. The Morgan fingerprint density at radius 2 is 2.21 bits per heavy atom. The van der Waals surface area contributed by atoms with E-state index in [1.165, 1.54) is 19.3 Å². The predicted octanol–water partition coefficient (Wildman–Crippen LogP) is 2.39. The van der Waals surface area contributed by atoms with Gasteiger partial charge in [0.2, 0.25) is 0 Å². The second kappa shape index (κ2) is 7.41. The fourth-order valence-electron chi connectivity index (χ4n) is 1.44. The normalized spacial score (nSPS) is 11.1. The summed E-state index contributed by atoms with van der Waals surface area (Å²) in [6.45, 7) is 4.08. The number of benzene rings is 1. The lowest BCUT2D eigenvalue weighted by molar-refractivity contribution is -0.137. The topological polar surface area (TPSA) is 47.6 Å². The third kappa shape index (κ3) is 4.99. The molecular weight excluding hydrogens is 249 g/mol. The van der Waals surface area contributed by atoms with Crippen molar-refractivity contribution in [3.8, 4) is 5.75 Å². The molecule has 1 aromatic carbocycles. The lowest BCUT2D eigenvalue weighted by Gasteiger charge is -2.08. The summed E-state index contributed by atoms with van der Waals surface area (Å²) in [5.41, 5.74) is 1.12. The highest BCUT2D eigenvalue weighted by atomic mass is 19.1. The van der Waals surface area contributed by atoms with E-state index < -0.39 is 5.97 Å². The average molecular weight is 267 g/mol. The molecule has 0 unspecified atom stereocenters. The van der Waals surface area contributed by atoms with Crippen molar-refractivity contribution >= 4 is 5.97 Å². The lowest BCUT2D eigenvalue weighted by Crippen LogP contribution is -2.14. The van der Waals surface area contributed by atoms with Gasteiger partial charge < -0.3 is 14.8 Å². The monoisotopic (exact) mass is 267 g/mol. The minimum Gasteiger partial charge on any atom is -0.497 e. The molecule has 1 rings (SSSR count). The second-order valence-electron chi connectivity index (χ2n) is 3.89. The Labute approximate surface area is 112 Å². The van der Waals surface area contributed by atoms with Gasteiger partial charge in [0.05, 0.1) is 13.7 Å². The molecule has 0 aliphatic rings. The van der Waals surface area contributed by atoms with Gasteiger partial charge in [-0.1, -0.05) is 6.07 Å². The Morgan fingerprint density at radius 3 is 2.79 bits per heavy atom. The van der Waals surface area contributed by atoms with Crippen LogP contribution in [0.5, 0.6) is 5.75 Å². The molecule has 0 spiro atoms. The zero-order valence-electron chi connectivity index (χ0n) is 11.3. The van der Waals surface area contributed by atoms with Crippen LogP contribution < -0.4 is 10.1 Å². The van der Waals surface area contributed by atoms with Gasteiger partial charge in [-0.25, -0.2) is 9.18 Å². The van der Waals surface area contributed by atoms with Crippen LogP contribution in [0.3, 0.4) is 0 Å². The minimum absolute atomic E-state index is 0.289. The summed E-state index contributed by atoms with van der Waals surface area (Å²) in [7, 11) is 1.49. The third-order valence-electron chi connectivity index (χ3n) is 2.44. The van der Waals surface area contributed by atoms with Crippen molar-refractivity contribution in [2.24, 2.45) is 0 Å². The van der Waals surface area contributed by atoms with E-state index in [9.17, 15) is 9.18 Å². The maximum atomic E-state index is 13.6. The number of esters is 1. The van der Waals surface area contributed by atoms with E-state index >= 15 is 0 Å². The Balaban J connectivity index is 2.59. The first kappa shape index (κ1) is 15.0. The van der Waals surface area contributed by atoms with Crippen LogP contribution in [0, 0.1) is 5.82 Å². The van der Waals surface area contributed by atoms with Crippen LogP contribution in [0.25, 0.3) is 0 Å². The fraction of sp³-hybridized carbons (Fsp3) is 0.357.